The third-order valence-electron chi connectivity index (χ3n) is 2.66. The van der Waals surface area contributed by atoms with E-state index < -0.39 is 15.8 Å². The normalized spacial score (nSPS) is 11.2. The Morgan fingerprint density at radius 3 is 2.65 bits per heavy atom. The number of hydrogen-bond donors (Lipinski definition) is 2. The number of rotatable bonds is 4. The molecule has 1 aromatic carbocycles. The predicted molar refractivity (Wildman–Crippen MR) is 75.7 cm³/mol. The van der Waals surface area contributed by atoms with Crippen LogP contribution in [0.5, 0.6) is 0 Å². The van der Waals surface area contributed by atoms with Crippen molar-refractivity contribution >= 4 is 21.4 Å². The van der Waals surface area contributed by atoms with Gasteiger partial charge >= 0.3 is 0 Å². The third-order valence-corrected chi connectivity index (χ3v) is 3.98. The highest BCUT2D eigenvalue weighted by Crippen LogP contribution is 2.23. The van der Waals surface area contributed by atoms with Crippen molar-refractivity contribution in [2.75, 3.05) is 17.1 Å². The van der Waals surface area contributed by atoms with Gasteiger partial charge in [0.2, 0.25) is 0 Å². The summed E-state index contributed by atoms with van der Waals surface area (Å²) in [6, 6.07) is 7.39. The van der Waals surface area contributed by atoms with E-state index in [1.165, 1.54) is 18.3 Å². The summed E-state index contributed by atoms with van der Waals surface area (Å²) in [6.07, 6.45) is 1.36. The molecule has 1 aromatic heterocycles. The lowest BCUT2D eigenvalue weighted by Crippen LogP contribution is -2.17. The number of anilines is 2. The molecule has 0 fully saturated rings. The molecule has 2 aromatic rings. The van der Waals surface area contributed by atoms with Gasteiger partial charge in [-0.15, -0.1) is 0 Å². The first-order chi connectivity index (χ1) is 9.44. The van der Waals surface area contributed by atoms with Crippen molar-refractivity contribution in [3.63, 3.8) is 0 Å². The predicted octanol–water partition coefficient (Wildman–Crippen LogP) is 2.37. The van der Waals surface area contributed by atoms with Crippen molar-refractivity contribution in [3.8, 4) is 0 Å². The van der Waals surface area contributed by atoms with Crippen molar-refractivity contribution in [2.45, 2.75) is 11.9 Å². The van der Waals surface area contributed by atoms with E-state index in [4.69, 9.17) is 0 Å². The van der Waals surface area contributed by atoms with E-state index in [0.717, 1.165) is 5.56 Å². The molecule has 0 atom stereocenters. The second-order valence-corrected chi connectivity index (χ2v) is 5.79. The van der Waals surface area contributed by atoms with Crippen LogP contribution in [-0.2, 0) is 10.0 Å². The van der Waals surface area contributed by atoms with Gasteiger partial charge in [0, 0.05) is 13.2 Å². The Morgan fingerprint density at radius 1 is 1.20 bits per heavy atom. The summed E-state index contributed by atoms with van der Waals surface area (Å²) in [5.74, 6) is -0.638. The zero-order chi connectivity index (χ0) is 14.8. The molecule has 0 aliphatic carbocycles. The van der Waals surface area contributed by atoms with Gasteiger partial charge in [-0.05, 0) is 36.8 Å². The molecule has 0 unspecified atom stereocenters. The van der Waals surface area contributed by atoms with Gasteiger partial charge in [0.1, 0.15) is 5.82 Å². The summed E-state index contributed by atoms with van der Waals surface area (Å²) in [6.45, 7) is 1.75. The molecule has 0 radical (unpaired) electrons. The molecule has 0 aliphatic rings. The van der Waals surface area contributed by atoms with E-state index in [2.05, 4.69) is 15.0 Å². The zero-order valence-corrected chi connectivity index (χ0v) is 11.8. The second kappa shape index (κ2) is 5.46. The minimum absolute atomic E-state index is 0.0993. The van der Waals surface area contributed by atoms with Crippen LogP contribution in [0.4, 0.5) is 15.8 Å². The number of halogens is 1. The van der Waals surface area contributed by atoms with Gasteiger partial charge in [-0.3, -0.25) is 4.72 Å². The fourth-order valence-corrected chi connectivity index (χ4v) is 2.91. The maximum Gasteiger partial charge on any atom is 0.281 e. The van der Waals surface area contributed by atoms with E-state index >= 15 is 0 Å². The molecule has 1 heterocycles. The largest absolute Gasteiger partial charge is 0.386 e. The average molecular weight is 295 g/mol. The van der Waals surface area contributed by atoms with Crippen LogP contribution in [0.1, 0.15) is 5.56 Å². The van der Waals surface area contributed by atoms with Crippen molar-refractivity contribution in [3.05, 3.63) is 47.9 Å². The standard InChI is InChI=1S/C13H14FN3O2S/c1-9-5-6-10(14)12(8-9)17-20(18,19)13-11(15-2)4-3-7-16-13/h3-8,15,17H,1-2H3. The van der Waals surface area contributed by atoms with Gasteiger partial charge in [-0.25, -0.2) is 9.37 Å². The van der Waals surface area contributed by atoms with Crippen molar-refractivity contribution in [2.24, 2.45) is 0 Å². The van der Waals surface area contributed by atoms with Crippen LogP contribution in [0.3, 0.4) is 0 Å². The number of pyridine rings is 1. The number of nitrogens with one attached hydrogen (secondary N) is 2. The van der Waals surface area contributed by atoms with Gasteiger partial charge in [-0.1, -0.05) is 6.07 Å². The first-order valence-corrected chi connectivity index (χ1v) is 7.34. The number of aryl methyl sites for hydroxylation is 1. The minimum Gasteiger partial charge on any atom is -0.386 e. The molecule has 20 heavy (non-hydrogen) atoms. The van der Waals surface area contributed by atoms with E-state index in [9.17, 15) is 12.8 Å². The zero-order valence-electron chi connectivity index (χ0n) is 11.0. The van der Waals surface area contributed by atoms with Gasteiger partial charge in [0.05, 0.1) is 11.4 Å². The second-order valence-electron chi connectivity index (χ2n) is 4.19. The molecular formula is C13H14FN3O2S. The lowest BCUT2D eigenvalue weighted by atomic mass is 10.2. The van der Waals surface area contributed by atoms with Gasteiger partial charge in [-0.2, -0.15) is 8.42 Å². The highest BCUT2D eigenvalue weighted by atomic mass is 32.2. The summed E-state index contributed by atoms with van der Waals surface area (Å²) >= 11 is 0. The van der Waals surface area contributed by atoms with E-state index in [1.807, 2.05) is 0 Å². The Bertz CT molecular complexity index is 732. The topological polar surface area (TPSA) is 71.1 Å². The molecule has 0 amide bonds. The molecular weight excluding hydrogens is 281 g/mol. The first-order valence-electron chi connectivity index (χ1n) is 5.86. The highest BCUT2D eigenvalue weighted by Gasteiger charge is 2.21. The van der Waals surface area contributed by atoms with Gasteiger partial charge < -0.3 is 5.32 Å². The summed E-state index contributed by atoms with van der Waals surface area (Å²) in [5, 5.41) is 2.56. The van der Waals surface area contributed by atoms with Crippen LogP contribution in [0.25, 0.3) is 0 Å². The molecule has 0 saturated carbocycles. The molecule has 106 valence electrons. The van der Waals surface area contributed by atoms with Crippen molar-refractivity contribution < 1.29 is 12.8 Å². The van der Waals surface area contributed by atoms with Crippen LogP contribution in [0.2, 0.25) is 0 Å². The van der Waals surface area contributed by atoms with Crippen LogP contribution in [0.15, 0.2) is 41.6 Å². The Morgan fingerprint density at radius 2 is 1.95 bits per heavy atom. The average Bonchev–Trinajstić information content (AvgIpc) is 2.42. The minimum atomic E-state index is -3.96. The summed E-state index contributed by atoms with van der Waals surface area (Å²) in [4.78, 5) is 3.83. The maximum absolute atomic E-state index is 13.6. The highest BCUT2D eigenvalue weighted by molar-refractivity contribution is 7.92. The van der Waals surface area contributed by atoms with Crippen molar-refractivity contribution in [1.82, 2.24) is 4.98 Å². The molecule has 0 aliphatic heterocycles. The van der Waals surface area contributed by atoms with Crippen LogP contribution < -0.4 is 10.0 Å². The number of aromatic nitrogens is 1. The molecule has 7 heteroatoms. The number of nitrogens with zero attached hydrogens (tertiary/aromatic N) is 1. The molecule has 2 N–H and O–H groups in total. The smallest absolute Gasteiger partial charge is 0.281 e. The summed E-state index contributed by atoms with van der Waals surface area (Å²) in [7, 11) is -2.37. The molecule has 5 nitrogen and oxygen atoms in total. The fraction of sp³-hybridized carbons (Fsp3) is 0.154. The maximum atomic E-state index is 13.6. The summed E-state index contributed by atoms with van der Waals surface area (Å²) < 4.78 is 40.4. The number of sulfonamides is 1. The molecule has 0 saturated heterocycles. The Hall–Kier alpha value is -2.15. The van der Waals surface area contributed by atoms with Crippen LogP contribution in [0, 0.1) is 12.7 Å². The molecule has 0 bridgehead atoms. The Kier molecular flexibility index (Phi) is 3.89. The van der Waals surface area contributed by atoms with Crippen LogP contribution >= 0.6 is 0 Å². The Labute approximate surface area is 116 Å². The SMILES string of the molecule is CNc1cccnc1S(=O)(=O)Nc1cc(C)ccc1F. The molecule has 2 rings (SSSR count). The quantitative estimate of drug-likeness (QED) is 0.908. The number of hydrogen-bond acceptors (Lipinski definition) is 4. The summed E-state index contributed by atoms with van der Waals surface area (Å²) in [5.41, 5.74) is 0.990. The molecule has 0 spiro atoms. The van der Waals surface area contributed by atoms with Crippen molar-refractivity contribution in [1.29, 1.82) is 0 Å². The lowest BCUT2D eigenvalue weighted by molar-refractivity contribution is 0.595. The van der Waals surface area contributed by atoms with Gasteiger partial charge in [0.25, 0.3) is 10.0 Å². The monoisotopic (exact) mass is 295 g/mol. The third kappa shape index (κ3) is 2.88. The number of benzene rings is 1. The fourth-order valence-electron chi connectivity index (χ4n) is 1.71. The first kappa shape index (κ1) is 14.3. The van der Waals surface area contributed by atoms with E-state index in [-0.39, 0.29) is 10.7 Å². The van der Waals surface area contributed by atoms with Gasteiger partial charge in [0.15, 0.2) is 5.03 Å². The van der Waals surface area contributed by atoms with E-state index in [0.29, 0.717) is 5.69 Å². The van der Waals surface area contributed by atoms with E-state index in [1.54, 1.807) is 32.2 Å². The van der Waals surface area contributed by atoms with Crippen LogP contribution in [-0.4, -0.2) is 20.4 Å². The lowest BCUT2D eigenvalue weighted by Gasteiger charge is -2.11. The Balaban J connectivity index is 2.43.